The van der Waals surface area contributed by atoms with Gasteiger partial charge in [0, 0.05) is 0 Å². The van der Waals surface area contributed by atoms with Crippen LogP contribution in [0.4, 0.5) is 18.9 Å². The van der Waals surface area contributed by atoms with Gasteiger partial charge in [-0.3, -0.25) is 0 Å². The minimum absolute atomic E-state index is 0.127. The van der Waals surface area contributed by atoms with E-state index >= 15 is 0 Å². The molecule has 2 nitrogen and oxygen atoms in total. The Morgan fingerprint density at radius 1 is 1.11 bits per heavy atom. The highest BCUT2D eigenvalue weighted by atomic mass is 79.9. The minimum Gasteiger partial charge on any atom is -0.451 e. The number of nitrogens with one attached hydrogen (secondary N) is 1. The Morgan fingerprint density at radius 3 is 2.44 bits per heavy atom. The number of rotatable bonds is 3. The van der Waals surface area contributed by atoms with Gasteiger partial charge in [0.05, 0.1) is 16.7 Å². The second kappa shape index (κ2) is 5.36. The zero-order valence-electron chi connectivity index (χ0n) is 8.74. The predicted molar refractivity (Wildman–Crippen MR) is 67.8 cm³/mol. The molecule has 0 unspecified atom stereocenters. The lowest BCUT2D eigenvalue weighted by Gasteiger charge is -2.06. The monoisotopic (exact) mass is 383 g/mol. The zero-order valence-corrected chi connectivity index (χ0v) is 11.9. The van der Waals surface area contributed by atoms with Gasteiger partial charge >= 0.3 is 0 Å². The van der Waals surface area contributed by atoms with Gasteiger partial charge in [0.1, 0.15) is 5.76 Å². The van der Waals surface area contributed by atoms with Crippen LogP contribution < -0.4 is 5.32 Å². The van der Waals surface area contributed by atoms with Gasteiger partial charge in [-0.05, 0) is 50.1 Å². The fraction of sp³-hybridized carbons (Fsp3) is 0.0909. The van der Waals surface area contributed by atoms with Gasteiger partial charge in [0.15, 0.2) is 22.1 Å². The molecule has 1 heterocycles. The molecule has 0 spiro atoms. The van der Waals surface area contributed by atoms with Gasteiger partial charge in [0.2, 0.25) is 0 Å². The van der Waals surface area contributed by atoms with Gasteiger partial charge in [-0.2, -0.15) is 0 Å². The number of hydrogen-bond donors (Lipinski definition) is 1. The highest BCUT2D eigenvalue weighted by molar-refractivity contribution is 9.13. The third-order valence-electron chi connectivity index (χ3n) is 2.18. The normalized spacial score (nSPS) is 10.7. The van der Waals surface area contributed by atoms with E-state index in [9.17, 15) is 13.2 Å². The average Bonchev–Trinajstić information content (AvgIpc) is 2.65. The molecule has 0 fully saturated rings. The van der Waals surface area contributed by atoms with E-state index in [2.05, 4.69) is 37.2 Å². The molecule has 96 valence electrons. The molecule has 0 saturated heterocycles. The first kappa shape index (κ1) is 13.5. The Hall–Kier alpha value is -0.950. The van der Waals surface area contributed by atoms with Crippen molar-refractivity contribution in [3.63, 3.8) is 0 Å². The maximum absolute atomic E-state index is 13.3. The summed E-state index contributed by atoms with van der Waals surface area (Å²) in [6, 6.07) is 3.66. The molecule has 2 aromatic rings. The van der Waals surface area contributed by atoms with E-state index in [1.54, 1.807) is 6.07 Å². The maximum atomic E-state index is 13.3. The van der Waals surface area contributed by atoms with Crippen molar-refractivity contribution in [3.05, 3.63) is 50.6 Å². The largest absolute Gasteiger partial charge is 0.451 e. The summed E-state index contributed by atoms with van der Waals surface area (Å²) >= 11 is 6.38. The van der Waals surface area contributed by atoms with Crippen LogP contribution in [0.5, 0.6) is 0 Å². The van der Waals surface area contributed by atoms with E-state index in [0.717, 1.165) is 12.1 Å². The molecule has 7 heteroatoms. The van der Waals surface area contributed by atoms with Crippen molar-refractivity contribution in [1.29, 1.82) is 0 Å². The smallest absolute Gasteiger partial charge is 0.196 e. The van der Waals surface area contributed by atoms with Crippen LogP contribution >= 0.6 is 31.9 Å². The first-order valence-electron chi connectivity index (χ1n) is 4.80. The van der Waals surface area contributed by atoms with Crippen molar-refractivity contribution in [2.24, 2.45) is 0 Å². The number of halogens is 5. The van der Waals surface area contributed by atoms with Gasteiger partial charge in [-0.1, -0.05) is 0 Å². The van der Waals surface area contributed by atoms with Crippen LogP contribution in [0.2, 0.25) is 0 Å². The molecule has 2 rings (SSSR count). The summed E-state index contributed by atoms with van der Waals surface area (Å²) in [5.74, 6) is -3.46. The third-order valence-corrected chi connectivity index (χ3v) is 3.89. The third kappa shape index (κ3) is 2.72. The maximum Gasteiger partial charge on any atom is 0.196 e. The van der Waals surface area contributed by atoms with Gasteiger partial charge < -0.3 is 9.73 Å². The zero-order chi connectivity index (χ0) is 13.3. The number of benzene rings is 1. The fourth-order valence-corrected chi connectivity index (χ4v) is 1.98. The Bertz CT molecular complexity index is 566. The molecule has 0 atom stereocenters. The quantitative estimate of drug-likeness (QED) is 0.766. The first-order chi connectivity index (χ1) is 8.49. The highest BCUT2D eigenvalue weighted by Crippen LogP contribution is 2.27. The first-order valence-corrected chi connectivity index (χ1v) is 6.38. The molecular formula is C11H6Br2F3NO. The summed E-state index contributed by atoms with van der Waals surface area (Å²) in [6.07, 6.45) is 0. The fourth-order valence-electron chi connectivity index (χ4n) is 1.32. The highest BCUT2D eigenvalue weighted by Gasteiger charge is 2.13. The molecular weight excluding hydrogens is 379 g/mol. The molecule has 1 aromatic carbocycles. The molecule has 0 aliphatic heterocycles. The minimum atomic E-state index is -1.50. The second-order valence-electron chi connectivity index (χ2n) is 3.41. The summed E-state index contributed by atoms with van der Waals surface area (Å²) in [5.41, 5.74) is -0.127. The number of anilines is 1. The van der Waals surface area contributed by atoms with E-state index in [-0.39, 0.29) is 12.2 Å². The van der Waals surface area contributed by atoms with Crippen molar-refractivity contribution < 1.29 is 17.6 Å². The molecule has 18 heavy (non-hydrogen) atoms. The van der Waals surface area contributed by atoms with Crippen molar-refractivity contribution in [2.75, 3.05) is 5.32 Å². The molecule has 0 bridgehead atoms. The summed E-state index contributed by atoms with van der Waals surface area (Å²) < 4.78 is 45.4. The molecule has 1 N–H and O–H groups in total. The van der Waals surface area contributed by atoms with E-state index in [4.69, 9.17) is 4.42 Å². The Balaban J connectivity index is 2.13. The second-order valence-corrected chi connectivity index (χ2v) is 4.99. The molecule has 0 aliphatic rings. The Morgan fingerprint density at radius 2 is 1.83 bits per heavy atom. The van der Waals surface area contributed by atoms with Crippen LogP contribution in [0, 0.1) is 17.5 Å². The van der Waals surface area contributed by atoms with Crippen molar-refractivity contribution in [2.45, 2.75) is 6.54 Å². The van der Waals surface area contributed by atoms with E-state index in [0.29, 0.717) is 14.9 Å². The summed E-state index contributed by atoms with van der Waals surface area (Å²) in [5, 5.41) is 2.62. The van der Waals surface area contributed by atoms with Crippen LogP contribution in [0.3, 0.4) is 0 Å². The molecule has 0 amide bonds. The number of hydrogen-bond acceptors (Lipinski definition) is 2. The summed E-state index contributed by atoms with van der Waals surface area (Å²) in [4.78, 5) is 0. The van der Waals surface area contributed by atoms with Crippen molar-refractivity contribution in [3.8, 4) is 0 Å². The van der Waals surface area contributed by atoms with Crippen LogP contribution in [0.1, 0.15) is 5.76 Å². The standard InChI is InChI=1S/C11H6Br2F3NO/c12-6-3-5(18-11(6)13)4-17-8-2-1-7(14)9(15)10(8)16/h1-3,17H,4H2. The predicted octanol–water partition coefficient (Wildman–Crippen LogP) is 4.83. The molecule has 0 radical (unpaired) electrons. The van der Waals surface area contributed by atoms with Crippen LogP contribution in [0.25, 0.3) is 0 Å². The lowest BCUT2D eigenvalue weighted by Crippen LogP contribution is -2.03. The van der Waals surface area contributed by atoms with E-state index in [1.165, 1.54) is 0 Å². The van der Waals surface area contributed by atoms with Crippen LogP contribution in [0.15, 0.2) is 31.8 Å². The Kier molecular flexibility index (Phi) is 4.01. The van der Waals surface area contributed by atoms with Crippen molar-refractivity contribution >= 4 is 37.5 Å². The van der Waals surface area contributed by atoms with Crippen LogP contribution in [-0.2, 0) is 6.54 Å². The summed E-state index contributed by atoms with van der Waals surface area (Å²) in [7, 11) is 0. The van der Waals surface area contributed by atoms with Crippen LogP contribution in [-0.4, -0.2) is 0 Å². The molecule has 0 saturated carbocycles. The lowest BCUT2D eigenvalue weighted by molar-refractivity contribution is 0.448. The van der Waals surface area contributed by atoms with E-state index < -0.39 is 17.5 Å². The number of furan rings is 1. The van der Waals surface area contributed by atoms with Gasteiger partial charge in [-0.15, -0.1) is 0 Å². The van der Waals surface area contributed by atoms with Crippen molar-refractivity contribution in [1.82, 2.24) is 0 Å². The molecule has 0 aliphatic carbocycles. The summed E-state index contributed by atoms with van der Waals surface area (Å²) in [6.45, 7) is 0.145. The van der Waals surface area contributed by atoms with E-state index in [1.807, 2.05) is 0 Å². The van der Waals surface area contributed by atoms with Gasteiger partial charge in [0.25, 0.3) is 0 Å². The van der Waals surface area contributed by atoms with Gasteiger partial charge in [-0.25, -0.2) is 13.2 Å². The lowest BCUT2D eigenvalue weighted by atomic mass is 10.2. The SMILES string of the molecule is Fc1ccc(NCc2cc(Br)c(Br)o2)c(F)c1F. The topological polar surface area (TPSA) is 25.2 Å². The Labute approximate surface area is 117 Å². The molecule has 1 aromatic heterocycles. The average molecular weight is 385 g/mol.